The molecule has 2 rings (SSSR count). The van der Waals surface area contributed by atoms with Crippen LogP contribution in [-0.4, -0.2) is 18.8 Å². The summed E-state index contributed by atoms with van der Waals surface area (Å²) < 4.78 is 44.9. The van der Waals surface area contributed by atoms with Crippen molar-refractivity contribution in [1.29, 1.82) is 0 Å². The minimum absolute atomic E-state index is 0.138. The van der Waals surface area contributed by atoms with Gasteiger partial charge in [0.05, 0.1) is 19.8 Å². The highest BCUT2D eigenvalue weighted by Crippen LogP contribution is 2.24. The van der Waals surface area contributed by atoms with Gasteiger partial charge in [-0.2, -0.15) is 0 Å². The quantitative estimate of drug-likeness (QED) is 0.799. The zero-order valence-corrected chi connectivity index (χ0v) is 12.8. The highest BCUT2D eigenvalue weighted by Gasteiger charge is 2.19. The molecule has 0 saturated heterocycles. The summed E-state index contributed by atoms with van der Waals surface area (Å²) >= 11 is 0. The van der Waals surface area contributed by atoms with Crippen LogP contribution in [-0.2, 0) is 0 Å². The van der Waals surface area contributed by atoms with Crippen molar-refractivity contribution in [3.63, 3.8) is 0 Å². The lowest BCUT2D eigenvalue weighted by atomic mass is 10.0. The van der Waals surface area contributed by atoms with Gasteiger partial charge in [0, 0.05) is 6.04 Å². The summed E-state index contributed by atoms with van der Waals surface area (Å²) in [5, 5.41) is 12.6. The summed E-state index contributed by atoms with van der Waals surface area (Å²) in [7, 11) is 1.55. The Morgan fingerprint density at radius 3 is 2.30 bits per heavy atom. The van der Waals surface area contributed by atoms with Crippen LogP contribution in [0.2, 0.25) is 0 Å². The van der Waals surface area contributed by atoms with E-state index in [-0.39, 0.29) is 11.6 Å². The van der Waals surface area contributed by atoms with Crippen LogP contribution < -0.4 is 10.1 Å². The van der Waals surface area contributed by atoms with E-state index < -0.39 is 30.1 Å². The van der Waals surface area contributed by atoms with Gasteiger partial charge in [-0.05, 0) is 42.3 Å². The van der Waals surface area contributed by atoms with Crippen LogP contribution in [0.3, 0.4) is 0 Å². The van der Waals surface area contributed by atoms with E-state index in [2.05, 4.69) is 5.32 Å². The van der Waals surface area contributed by atoms with E-state index in [1.54, 1.807) is 13.2 Å². The first-order valence-corrected chi connectivity index (χ1v) is 7.11. The maximum Gasteiger partial charge on any atom is 0.194 e. The molecule has 0 aliphatic carbocycles. The molecule has 0 aromatic heterocycles. The van der Waals surface area contributed by atoms with E-state index in [1.807, 2.05) is 25.1 Å². The topological polar surface area (TPSA) is 41.5 Å². The molecule has 2 aromatic rings. The molecule has 0 saturated carbocycles. The maximum atomic E-state index is 13.4. The third-order valence-corrected chi connectivity index (χ3v) is 3.64. The van der Waals surface area contributed by atoms with E-state index >= 15 is 0 Å². The van der Waals surface area contributed by atoms with Gasteiger partial charge < -0.3 is 15.2 Å². The first-order valence-electron chi connectivity index (χ1n) is 7.11. The summed E-state index contributed by atoms with van der Waals surface area (Å²) in [5.74, 6) is -3.41. The third-order valence-electron chi connectivity index (χ3n) is 3.64. The molecule has 6 heteroatoms. The lowest BCUT2D eigenvalue weighted by Gasteiger charge is -2.23. The van der Waals surface area contributed by atoms with Gasteiger partial charge in [0.15, 0.2) is 17.5 Å². The number of methoxy groups -OCH3 is 1. The van der Waals surface area contributed by atoms with Crippen molar-refractivity contribution < 1.29 is 23.0 Å². The Morgan fingerprint density at radius 2 is 1.74 bits per heavy atom. The summed E-state index contributed by atoms with van der Waals surface area (Å²) in [6.45, 7) is 1.45. The van der Waals surface area contributed by atoms with Crippen molar-refractivity contribution in [2.75, 3.05) is 13.7 Å². The fraction of sp³-hybridized carbons (Fsp3) is 0.294. The number of hydrogen-bond acceptors (Lipinski definition) is 3. The Balaban J connectivity index is 2.21. The predicted octanol–water partition coefficient (Wildman–Crippen LogP) is 3.50. The van der Waals surface area contributed by atoms with E-state index in [0.29, 0.717) is 5.75 Å². The molecular formula is C17H18F3NO2. The van der Waals surface area contributed by atoms with Crippen LogP contribution in [0.5, 0.6) is 5.75 Å². The van der Waals surface area contributed by atoms with Crippen LogP contribution in [0, 0.1) is 17.5 Å². The second kappa shape index (κ2) is 7.48. The van der Waals surface area contributed by atoms with Crippen molar-refractivity contribution in [2.24, 2.45) is 0 Å². The van der Waals surface area contributed by atoms with Gasteiger partial charge in [0.1, 0.15) is 5.75 Å². The van der Waals surface area contributed by atoms with Crippen molar-refractivity contribution in [1.82, 2.24) is 5.32 Å². The maximum absolute atomic E-state index is 13.4. The molecule has 0 aliphatic heterocycles. The lowest BCUT2D eigenvalue weighted by molar-refractivity contribution is 0.234. The molecule has 0 heterocycles. The fourth-order valence-corrected chi connectivity index (χ4v) is 2.34. The molecule has 2 N–H and O–H groups in total. The van der Waals surface area contributed by atoms with E-state index in [4.69, 9.17) is 4.74 Å². The van der Waals surface area contributed by atoms with Crippen molar-refractivity contribution in [3.05, 3.63) is 65.0 Å². The largest absolute Gasteiger partial charge is 0.497 e. The average molecular weight is 325 g/mol. The van der Waals surface area contributed by atoms with Gasteiger partial charge in [0.25, 0.3) is 0 Å². The number of hydrogen-bond donors (Lipinski definition) is 2. The Hall–Kier alpha value is -2.05. The van der Waals surface area contributed by atoms with Crippen LogP contribution in [0.4, 0.5) is 13.2 Å². The standard InChI is InChI=1S/C17H18F3NO2/c1-10(11-4-3-5-13(6-11)23-2)21-16(9-22)12-7-14(18)17(20)15(19)8-12/h3-8,10,16,21-22H,9H2,1-2H3. The summed E-state index contributed by atoms with van der Waals surface area (Å²) in [6.07, 6.45) is 0. The Morgan fingerprint density at radius 1 is 1.09 bits per heavy atom. The van der Waals surface area contributed by atoms with E-state index in [0.717, 1.165) is 17.7 Å². The van der Waals surface area contributed by atoms with Gasteiger partial charge in [-0.25, -0.2) is 13.2 Å². The second-order valence-electron chi connectivity index (χ2n) is 5.20. The zero-order valence-electron chi connectivity index (χ0n) is 12.8. The normalized spacial score (nSPS) is 13.7. The van der Waals surface area contributed by atoms with Crippen molar-refractivity contribution >= 4 is 0 Å². The Bertz CT molecular complexity index is 656. The minimum Gasteiger partial charge on any atom is -0.497 e. The first-order chi connectivity index (χ1) is 11.0. The predicted molar refractivity (Wildman–Crippen MR) is 80.7 cm³/mol. The van der Waals surface area contributed by atoms with E-state index in [9.17, 15) is 18.3 Å². The second-order valence-corrected chi connectivity index (χ2v) is 5.20. The molecule has 0 fully saturated rings. The van der Waals surface area contributed by atoms with Crippen LogP contribution in [0.15, 0.2) is 36.4 Å². The molecule has 3 nitrogen and oxygen atoms in total. The summed E-state index contributed by atoms with van der Waals surface area (Å²) in [4.78, 5) is 0. The zero-order chi connectivity index (χ0) is 17.0. The molecule has 2 atom stereocenters. The van der Waals surface area contributed by atoms with Gasteiger partial charge in [-0.3, -0.25) is 0 Å². The molecule has 0 aliphatic rings. The number of benzene rings is 2. The number of aliphatic hydroxyl groups is 1. The molecule has 0 bridgehead atoms. The molecule has 2 aromatic carbocycles. The lowest BCUT2D eigenvalue weighted by Crippen LogP contribution is -2.27. The smallest absolute Gasteiger partial charge is 0.194 e. The molecule has 124 valence electrons. The molecular weight excluding hydrogens is 307 g/mol. The minimum atomic E-state index is -1.52. The molecule has 0 amide bonds. The van der Waals surface area contributed by atoms with Gasteiger partial charge >= 0.3 is 0 Å². The molecule has 0 radical (unpaired) electrons. The van der Waals surface area contributed by atoms with Crippen molar-refractivity contribution in [3.8, 4) is 5.75 Å². The molecule has 2 unspecified atom stereocenters. The molecule has 0 spiro atoms. The summed E-state index contributed by atoms with van der Waals surface area (Å²) in [6, 6.07) is 8.09. The fourth-order valence-electron chi connectivity index (χ4n) is 2.34. The van der Waals surface area contributed by atoms with Gasteiger partial charge in [-0.15, -0.1) is 0 Å². The van der Waals surface area contributed by atoms with Crippen LogP contribution in [0.1, 0.15) is 30.1 Å². The van der Waals surface area contributed by atoms with Gasteiger partial charge in [-0.1, -0.05) is 12.1 Å². The van der Waals surface area contributed by atoms with E-state index in [1.165, 1.54) is 0 Å². The Kier molecular flexibility index (Phi) is 5.63. The number of aliphatic hydroxyl groups excluding tert-OH is 1. The van der Waals surface area contributed by atoms with Gasteiger partial charge in [0.2, 0.25) is 0 Å². The highest BCUT2D eigenvalue weighted by atomic mass is 19.2. The van der Waals surface area contributed by atoms with Crippen molar-refractivity contribution in [2.45, 2.75) is 19.0 Å². The monoisotopic (exact) mass is 325 g/mol. The first kappa shape index (κ1) is 17.3. The van der Waals surface area contributed by atoms with Crippen LogP contribution in [0.25, 0.3) is 0 Å². The number of halogens is 3. The third kappa shape index (κ3) is 4.03. The average Bonchev–Trinajstić information content (AvgIpc) is 2.56. The molecule has 23 heavy (non-hydrogen) atoms. The van der Waals surface area contributed by atoms with Crippen LogP contribution >= 0.6 is 0 Å². The number of nitrogens with one attached hydrogen (secondary N) is 1. The number of rotatable bonds is 6. The highest BCUT2D eigenvalue weighted by molar-refractivity contribution is 5.31. The SMILES string of the molecule is COc1cccc(C(C)NC(CO)c2cc(F)c(F)c(F)c2)c1. The number of ether oxygens (including phenoxy) is 1. The summed E-state index contributed by atoms with van der Waals surface area (Å²) in [5.41, 5.74) is 1.02. The Labute approximate surface area is 132 Å².